The number of ether oxygens (including phenoxy) is 1. The Labute approximate surface area is 141 Å². The Bertz CT molecular complexity index is 732. The largest absolute Gasteiger partial charge is 0.378 e. The van der Waals surface area contributed by atoms with Crippen molar-refractivity contribution in [1.82, 2.24) is 9.21 Å². The van der Waals surface area contributed by atoms with Crippen molar-refractivity contribution in [3.63, 3.8) is 0 Å². The van der Waals surface area contributed by atoms with E-state index in [2.05, 4.69) is 0 Å². The van der Waals surface area contributed by atoms with Gasteiger partial charge in [-0.05, 0) is 43.5 Å². The summed E-state index contributed by atoms with van der Waals surface area (Å²) in [7, 11) is -3.82. The molecule has 0 aromatic heterocycles. The van der Waals surface area contributed by atoms with Crippen LogP contribution in [0.25, 0.3) is 0 Å². The van der Waals surface area contributed by atoms with Gasteiger partial charge in [-0.15, -0.1) is 0 Å². The second-order valence-corrected chi connectivity index (χ2v) is 8.01. The molecule has 2 aliphatic rings. The van der Waals surface area contributed by atoms with Crippen LogP contribution in [-0.2, 0) is 19.6 Å². The molecule has 2 heterocycles. The second kappa shape index (κ2) is 6.78. The van der Waals surface area contributed by atoms with Crippen LogP contribution in [0.4, 0.5) is 4.39 Å². The maximum Gasteiger partial charge on any atom is 0.243 e. The predicted octanol–water partition coefficient (Wildman–Crippen LogP) is 1.15. The van der Waals surface area contributed by atoms with Crippen LogP contribution in [0.3, 0.4) is 0 Å². The predicted molar refractivity (Wildman–Crippen MR) is 85.4 cm³/mol. The Morgan fingerprint density at radius 3 is 2.62 bits per heavy atom. The fraction of sp³-hybridized carbons (Fsp3) is 0.562. The maximum atomic E-state index is 13.4. The van der Waals surface area contributed by atoms with Crippen LogP contribution in [0, 0.1) is 12.7 Å². The van der Waals surface area contributed by atoms with E-state index >= 15 is 0 Å². The number of halogens is 1. The van der Waals surface area contributed by atoms with Crippen molar-refractivity contribution < 1.29 is 22.3 Å². The molecule has 0 aliphatic carbocycles. The molecule has 1 aromatic rings. The molecule has 24 heavy (non-hydrogen) atoms. The number of rotatable bonds is 3. The van der Waals surface area contributed by atoms with Crippen LogP contribution in [-0.4, -0.2) is 62.4 Å². The smallest absolute Gasteiger partial charge is 0.243 e. The zero-order chi connectivity index (χ0) is 17.3. The van der Waals surface area contributed by atoms with Gasteiger partial charge in [0.2, 0.25) is 15.9 Å². The van der Waals surface area contributed by atoms with E-state index in [1.807, 2.05) is 0 Å². The van der Waals surface area contributed by atoms with Gasteiger partial charge in [0.25, 0.3) is 0 Å². The molecule has 0 bridgehead atoms. The number of morpholine rings is 1. The minimum atomic E-state index is -3.82. The fourth-order valence-electron chi connectivity index (χ4n) is 3.18. The maximum absolute atomic E-state index is 13.4. The third kappa shape index (κ3) is 3.18. The summed E-state index contributed by atoms with van der Waals surface area (Å²) in [5.74, 6) is -0.616. The third-order valence-corrected chi connectivity index (χ3v) is 6.45. The van der Waals surface area contributed by atoms with Gasteiger partial charge < -0.3 is 9.64 Å². The van der Waals surface area contributed by atoms with Crippen LogP contribution < -0.4 is 0 Å². The van der Waals surface area contributed by atoms with E-state index in [1.54, 1.807) is 4.90 Å². The Hall–Kier alpha value is -1.51. The molecule has 6 nitrogen and oxygen atoms in total. The second-order valence-electron chi connectivity index (χ2n) is 6.12. The summed E-state index contributed by atoms with van der Waals surface area (Å²) >= 11 is 0. The van der Waals surface area contributed by atoms with E-state index in [4.69, 9.17) is 4.74 Å². The highest BCUT2D eigenvalue weighted by molar-refractivity contribution is 7.89. The molecular weight excluding hydrogens is 335 g/mol. The van der Waals surface area contributed by atoms with Crippen LogP contribution in [0.2, 0.25) is 0 Å². The first-order chi connectivity index (χ1) is 11.4. The molecular formula is C16H21FN2O4S. The van der Waals surface area contributed by atoms with Crippen LogP contribution in [0.5, 0.6) is 0 Å². The van der Waals surface area contributed by atoms with Crippen molar-refractivity contribution in [3.05, 3.63) is 29.6 Å². The van der Waals surface area contributed by atoms with Gasteiger partial charge >= 0.3 is 0 Å². The highest BCUT2D eigenvalue weighted by atomic mass is 32.2. The standard InChI is InChI=1S/C16H21FN2O4S/c1-12-11-13(4-5-14(12)17)24(21,22)19-6-2-3-15(19)16(20)18-7-9-23-10-8-18/h4-5,11,15H,2-3,6-10H2,1H3/t15-/m0/s1. The number of amides is 1. The molecule has 1 atom stereocenters. The molecule has 1 amide bonds. The quantitative estimate of drug-likeness (QED) is 0.815. The molecule has 8 heteroatoms. The molecule has 1 aromatic carbocycles. The number of carbonyl (C=O) groups excluding carboxylic acids is 1. The summed E-state index contributed by atoms with van der Waals surface area (Å²) in [6, 6.07) is 3.04. The first kappa shape index (κ1) is 17.3. The molecule has 0 saturated carbocycles. The van der Waals surface area contributed by atoms with Gasteiger partial charge in [0.05, 0.1) is 18.1 Å². The third-order valence-electron chi connectivity index (χ3n) is 4.55. The number of hydrogen-bond donors (Lipinski definition) is 0. The first-order valence-corrected chi connectivity index (χ1v) is 9.50. The molecule has 3 rings (SSSR count). The van der Waals surface area contributed by atoms with Crippen LogP contribution >= 0.6 is 0 Å². The van der Waals surface area contributed by atoms with Crippen molar-refractivity contribution in [2.24, 2.45) is 0 Å². The average molecular weight is 356 g/mol. The zero-order valence-corrected chi connectivity index (χ0v) is 14.4. The topological polar surface area (TPSA) is 66.9 Å². The van der Waals surface area contributed by atoms with E-state index in [-0.39, 0.29) is 16.4 Å². The number of nitrogens with zero attached hydrogens (tertiary/aromatic N) is 2. The Balaban J connectivity index is 1.85. The Morgan fingerprint density at radius 1 is 1.25 bits per heavy atom. The van der Waals surface area contributed by atoms with Gasteiger partial charge in [-0.3, -0.25) is 4.79 Å². The summed E-state index contributed by atoms with van der Waals surface area (Å²) in [6.07, 6.45) is 1.15. The number of hydrogen-bond acceptors (Lipinski definition) is 4. The van der Waals surface area contributed by atoms with Crippen molar-refractivity contribution in [2.75, 3.05) is 32.8 Å². The molecule has 132 valence electrons. The van der Waals surface area contributed by atoms with E-state index in [0.717, 1.165) is 6.07 Å². The lowest BCUT2D eigenvalue weighted by atomic mass is 10.2. The van der Waals surface area contributed by atoms with Crippen LogP contribution in [0.1, 0.15) is 18.4 Å². The van der Waals surface area contributed by atoms with E-state index in [1.165, 1.54) is 23.4 Å². The van der Waals surface area contributed by atoms with Gasteiger partial charge in [-0.1, -0.05) is 0 Å². The van der Waals surface area contributed by atoms with Crippen molar-refractivity contribution in [1.29, 1.82) is 0 Å². The lowest BCUT2D eigenvalue weighted by Crippen LogP contribution is -2.50. The van der Waals surface area contributed by atoms with Gasteiger partial charge in [-0.2, -0.15) is 4.31 Å². The van der Waals surface area contributed by atoms with E-state index < -0.39 is 21.9 Å². The molecule has 0 unspecified atom stereocenters. The minimum absolute atomic E-state index is 0.0306. The Morgan fingerprint density at radius 2 is 1.96 bits per heavy atom. The van der Waals surface area contributed by atoms with Crippen molar-refractivity contribution >= 4 is 15.9 Å². The monoisotopic (exact) mass is 356 g/mol. The average Bonchev–Trinajstić information content (AvgIpc) is 3.08. The van der Waals surface area contributed by atoms with E-state index in [9.17, 15) is 17.6 Å². The van der Waals surface area contributed by atoms with Gasteiger partial charge in [0.1, 0.15) is 11.9 Å². The normalized spacial score (nSPS) is 22.8. The molecule has 0 spiro atoms. The lowest BCUT2D eigenvalue weighted by molar-refractivity contribution is -0.138. The molecule has 2 fully saturated rings. The molecule has 0 N–H and O–H groups in total. The van der Waals surface area contributed by atoms with Gasteiger partial charge in [0, 0.05) is 19.6 Å². The number of carbonyl (C=O) groups is 1. The number of benzene rings is 1. The van der Waals surface area contributed by atoms with E-state index in [0.29, 0.717) is 45.7 Å². The fourth-order valence-corrected chi connectivity index (χ4v) is 4.92. The lowest BCUT2D eigenvalue weighted by Gasteiger charge is -2.32. The molecule has 2 saturated heterocycles. The molecule has 0 radical (unpaired) electrons. The highest BCUT2D eigenvalue weighted by Crippen LogP contribution is 2.28. The first-order valence-electron chi connectivity index (χ1n) is 8.06. The van der Waals surface area contributed by atoms with Crippen molar-refractivity contribution in [3.8, 4) is 0 Å². The minimum Gasteiger partial charge on any atom is -0.378 e. The summed E-state index contributed by atoms with van der Waals surface area (Å²) in [5, 5.41) is 0. The summed E-state index contributed by atoms with van der Waals surface area (Å²) in [6.45, 7) is 3.75. The summed E-state index contributed by atoms with van der Waals surface area (Å²) in [5.41, 5.74) is 0.270. The van der Waals surface area contributed by atoms with Gasteiger partial charge in [-0.25, -0.2) is 12.8 Å². The van der Waals surface area contributed by atoms with Gasteiger partial charge in [0.15, 0.2) is 0 Å². The van der Waals surface area contributed by atoms with Crippen molar-refractivity contribution in [2.45, 2.75) is 30.7 Å². The molecule has 2 aliphatic heterocycles. The zero-order valence-electron chi connectivity index (χ0n) is 13.6. The summed E-state index contributed by atoms with van der Waals surface area (Å²) < 4.78 is 45.7. The Kier molecular flexibility index (Phi) is 4.89. The number of sulfonamides is 1. The number of aryl methyl sites for hydroxylation is 1. The SMILES string of the molecule is Cc1cc(S(=O)(=O)N2CCC[C@H]2C(=O)N2CCOCC2)ccc1F. The van der Waals surface area contributed by atoms with Crippen LogP contribution in [0.15, 0.2) is 23.1 Å². The summed E-state index contributed by atoms with van der Waals surface area (Å²) in [4.78, 5) is 14.4. The highest BCUT2D eigenvalue weighted by Gasteiger charge is 2.41.